The van der Waals surface area contributed by atoms with Crippen LogP contribution in [0.15, 0.2) is 0 Å². The summed E-state index contributed by atoms with van der Waals surface area (Å²) in [5, 5.41) is 0. The largest absolute Gasteiger partial charge is 0.374 e. The summed E-state index contributed by atoms with van der Waals surface area (Å²) in [7, 11) is 0. The Kier molecular flexibility index (Phi) is 3.37. The Morgan fingerprint density at radius 3 is 2.47 bits per heavy atom. The fourth-order valence-corrected chi connectivity index (χ4v) is 4.14. The minimum absolute atomic E-state index is 0.109. The van der Waals surface area contributed by atoms with Crippen LogP contribution in [0.1, 0.15) is 53.9 Å². The van der Waals surface area contributed by atoms with E-state index in [1.54, 1.807) is 0 Å². The van der Waals surface area contributed by atoms with Crippen LogP contribution in [-0.2, 0) is 9.53 Å². The van der Waals surface area contributed by atoms with E-state index in [1.807, 2.05) is 13.8 Å². The molecule has 2 aliphatic rings. The maximum Gasteiger partial charge on any atom is 0.144 e. The molecule has 0 aromatic heterocycles. The normalized spacial score (nSPS) is 41.2. The molecule has 1 saturated heterocycles. The highest BCUT2D eigenvalue weighted by molar-refractivity contribution is 5.88. The van der Waals surface area contributed by atoms with E-state index < -0.39 is 0 Å². The van der Waals surface area contributed by atoms with Gasteiger partial charge in [0.15, 0.2) is 0 Å². The van der Waals surface area contributed by atoms with E-state index in [1.165, 1.54) is 12.8 Å². The number of hydrogen-bond acceptors (Lipinski definition) is 2. The highest BCUT2D eigenvalue weighted by atomic mass is 16.5. The van der Waals surface area contributed by atoms with Crippen LogP contribution in [-0.4, -0.2) is 18.0 Å². The first-order valence-electron chi connectivity index (χ1n) is 7.11. The highest BCUT2D eigenvalue weighted by Crippen LogP contribution is 2.57. The number of ether oxygens (including phenoxy) is 1. The van der Waals surface area contributed by atoms with Gasteiger partial charge in [-0.1, -0.05) is 34.1 Å². The molecular formula is C15H26O2. The molecule has 0 amide bonds. The Balaban J connectivity index is 2.34. The third-order valence-electron chi connectivity index (χ3n) is 4.89. The van der Waals surface area contributed by atoms with Gasteiger partial charge >= 0.3 is 0 Å². The van der Waals surface area contributed by atoms with Crippen LogP contribution >= 0.6 is 0 Å². The van der Waals surface area contributed by atoms with Crippen LogP contribution in [0.3, 0.4) is 0 Å². The molecule has 0 spiro atoms. The van der Waals surface area contributed by atoms with Gasteiger partial charge in [-0.25, -0.2) is 0 Å². The molecule has 17 heavy (non-hydrogen) atoms. The molecule has 2 heteroatoms. The van der Waals surface area contributed by atoms with Gasteiger partial charge in [-0.05, 0) is 25.7 Å². The minimum atomic E-state index is -0.164. The summed E-state index contributed by atoms with van der Waals surface area (Å²) < 4.78 is 6.14. The Bertz CT molecular complexity index is 308. The zero-order valence-electron chi connectivity index (χ0n) is 11.8. The number of ketones is 1. The predicted molar refractivity (Wildman–Crippen MR) is 68.8 cm³/mol. The number of Topliss-reactive ketones (excluding diaryl/α,β-unsaturated/α-hetero) is 1. The molecule has 0 radical (unpaired) electrons. The molecule has 1 aliphatic carbocycles. The van der Waals surface area contributed by atoms with Crippen LogP contribution in [0, 0.1) is 23.2 Å². The first kappa shape index (κ1) is 13.1. The van der Waals surface area contributed by atoms with Gasteiger partial charge in [0.1, 0.15) is 5.78 Å². The molecule has 1 saturated carbocycles. The maximum absolute atomic E-state index is 12.6. The van der Waals surface area contributed by atoms with E-state index >= 15 is 0 Å². The molecule has 2 nitrogen and oxygen atoms in total. The van der Waals surface area contributed by atoms with E-state index in [4.69, 9.17) is 4.74 Å². The summed E-state index contributed by atoms with van der Waals surface area (Å²) in [6.07, 6.45) is 3.80. The van der Waals surface area contributed by atoms with E-state index in [0.29, 0.717) is 17.6 Å². The van der Waals surface area contributed by atoms with Crippen molar-refractivity contribution in [1.82, 2.24) is 0 Å². The lowest BCUT2D eigenvalue weighted by atomic mass is 9.67. The van der Waals surface area contributed by atoms with E-state index in [-0.39, 0.29) is 23.5 Å². The molecule has 0 aromatic carbocycles. The van der Waals surface area contributed by atoms with E-state index in [2.05, 4.69) is 20.8 Å². The molecule has 1 aliphatic heterocycles. The predicted octanol–water partition coefficient (Wildman–Crippen LogP) is 3.44. The van der Waals surface area contributed by atoms with Crippen LogP contribution in [0.2, 0.25) is 0 Å². The van der Waals surface area contributed by atoms with Crippen LogP contribution in [0.4, 0.5) is 0 Å². The van der Waals surface area contributed by atoms with Crippen molar-refractivity contribution in [2.75, 3.05) is 0 Å². The number of carbonyl (C=O) groups excluding carboxylic acids is 1. The third-order valence-corrected chi connectivity index (χ3v) is 4.89. The lowest BCUT2D eigenvalue weighted by Crippen LogP contribution is -2.42. The van der Waals surface area contributed by atoms with Crippen molar-refractivity contribution in [1.29, 1.82) is 0 Å². The molecule has 2 fully saturated rings. The van der Waals surface area contributed by atoms with Gasteiger partial charge in [-0.3, -0.25) is 4.79 Å². The number of rotatable bonds is 3. The maximum atomic E-state index is 12.6. The molecule has 98 valence electrons. The monoisotopic (exact) mass is 238 g/mol. The minimum Gasteiger partial charge on any atom is -0.374 e. The average molecular weight is 238 g/mol. The molecule has 0 bridgehead atoms. The van der Waals surface area contributed by atoms with Crippen molar-refractivity contribution in [2.24, 2.45) is 23.2 Å². The Labute approximate surface area is 105 Å². The topological polar surface area (TPSA) is 26.3 Å². The summed E-state index contributed by atoms with van der Waals surface area (Å²) in [5.41, 5.74) is -0.164. The Hall–Kier alpha value is -0.370. The molecule has 0 N–H and O–H groups in total. The molecule has 2 rings (SSSR count). The highest BCUT2D eigenvalue weighted by Gasteiger charge is 2.61. The zero-order valence-corrected chi connectivity index (χ0v) is 11.8. The second kappa shape index (κ2) is 4.38. The summed E-state index contributed by atoms with van der Waals surface area (Å²) in [5.74, 6) is 1.55. The number of fused-ring (bicyclic) bond motifs is 1. The van der Waals surface area contributed by atoms with Gasteiger partial charge < -0.3 is 4.74 Å². The standard InChI is InChI=1S/C15H26O2/c1-9(2)13-12-7-6-8-15(12,11(5)17-13)14(16)10(3)4/h9-13H,6-8H2,1-5H3/t11-,12+,13+,15+/m0/s1. The van der Waals surface area contributed by atoms with Crippen molar-refractivity contribution < 1.29 is 9.53 Å². The fourth-order valence-electron chi connectivity index (χ4n) is 4.14. The number of hydrogen-bond donors (Lipinski definition) is 0. The molecule has 4 atom stereocenters. The Morgan fingerprint density at radius 1 is 1.29 bits per heavy atom. The fraction of sp³-hybridized carbons (Fsp3) is 0.933. The summed E-state index contributed by atoms with van der Waals surface area (Å²) >= 11 is 0. The van der Waals surface area contributed by atoms with Gasteiger partial charge in [0.25, 0.3) is 0 Å². The molecule has 0 unspecified atom stereocenters. The van der Waals surface area contributed by atoms with Crippen LogP contribution in [0.25, 0.3) is 0 Å². The van der Waals surface area contributed by atoms with Gasteiger partial charge in [-0.15, -0.1) is 0 Å². The van der Waals surface area contributed by atoms with Crippen LogP contribution < -0.4 is 0 Å². The van der Waals surface area contributed by atoms with Crippen LogP contribution in [0.5, 0.6) is 0 Å². The third kappa shape index (κ3) is 1.76. The first-order chi connectivity index (χ1) is 7.91. The zero-order chi connectivity index (χ0) is 12.8. The summed E-state index contributed by atoms with van der Waals surface area (Å²) in [6, 6.07) is 0. The second-order valence-corrected chi connectivity index (χ2v) is 6.54. The van der Waals surface area contributed by atoms with Crippen molar-refractivity contribution in [2.45, 2.75) is 66.1 Å². The van der Waals surface area contributed by atoms with Gasteiger partial charge in [-0.2, -0.15) is 0 Å². The molecular weight excluding hydrogens is 212 g/mol. The average Bonchev–Trinajstić information content (AvgIpc) is 2.77. The second-order valence-electron chi connectivity index (χ2n) is 6.54. The SMILES string of the molecule is CC(C)C(=O)[C@@]12CCC[C@@H]1[C@@H](C(C)C)O[C@H]2C. The summed E-state index contributed by atoms with van der Waals surface area (Å²) in [6.45, 7) is 10.6. The lowest BCUT2D eigenvalue weighted by Gasteiger charge is -2.32. The lowest BCUT2D eigenvalue weighted by molar-refractivity contribution is -0.135. The van der Waals surface area contributed by atoms with E-state index in [0.717, 1.165) is 6.42 Å². The van der Waals surface area contributed by atoms with Crippen molar-refractivity contribution in [3.05, 3.63) is 0 Å². The van der Waals surface area contributed by atoms with Gasteiger partial charge in [0, 0.05) is 11.8 Å². The van der Waals surface area contributed by atoms with Crippen molar-refractivity contribution in [3.8, 4) is 0 Å². The van der Waals surface area contributed by atoms with Crippen molar-refractivity contribution >= 4 is 5.78 Å². The van der Waals surface area contributed by atoms with Gasteiger partial charge in [0.05, 0.1) is 17.6 Å². The number of carbonyl (C=O) groups is 1. The Morgan fingerprint density at radius 2 is 1.94 bits per heavy atom. The van der Waals surface area contributed by atoms with Crippen molar-refractivity contribution in [3.63, 3.8) is 0 Å². The molecule has 1 heterocycles. The quantitative estimate of drug-likeness (QED) is 0.753. The molecule has 0 aromatic rings. The smallest absolute Gasteiger partial charge is 0.144 e. The van der Waals surface area contributed by atoms with E-state index in [9.17, 15) is 4.79 Å². The summed E-state index contributed by atoms with van der Waals surface area (Å²) in [4.78, 5) is 12.6. The van der Waals surface area contributed by atoms with Gasteiger partial charge in [0.2, 0.25) is 0 Å². The first-order valence-corrected chi connectivity index (χ1v) is 7.11.